The predicted molar refractivity (Wildman–Crippen MR) is 122 cm³/mol. The van der Waals surface area contributed by atoms with Gasteiger partial charge in [0.15, 0.2) is 0 Å². The molecule has 154 valence electrons. The van der Waals surface area contributed by atoms with Gasteiger partial charge in [-0.1, -0.05) is 54.6 Å². The second-order valence-electron chi connectivity index (χ2n) is 7.97. The molecule has 31 heavy (non-hydrogen) atoms. The zero-order valence-corrected chi connectivity index (χ0v) is 17.2. The van der Waals surface area contributed by atoms with E-state index in [0.29, 0.717) is 30.6 Å². The van der Waals surface area contributed by atoms with Crippen molar-refractivity contribution in [1.29, 1.82) is 0 Å². The number of nitrogens with zero attached hydrogens (tertiary/aromatic N) is 2. The second-order valence-corrected chi connectivity index (χ2v) is 7.97. The smallest absolute Gasteiger partial charge is 0.253 e. The molecule has 0 aliphatic carbocycles. The van der Waals surface area contributed by atoms with Crippen LogP contribution in [0.15, 0.2) is 72.9 Å². The Kier molecular flexibility index (Phi) is 5.08. The molecule has 1 N–H and O–H groups in total. The average molecular weight is 409 g/mol. The van der Waals surface area contributed by atoms with E-state index in [4.69, 9.17) is 0 Å². The Morgan fingerprint density at radius 3 is 2.68 bits per heavy atom. The zero-order chi connectivity index (χ0) is 21.2. The summed E-state index contributed by atoms with van der Waals surface area (Å²) in [5.74, 6) is 0.0731. The highest BCUT2D eigenvalue weighted by atomic mass is 16.2. The molecular formula is C26H23N3O2. The number of fused-ring (bicyclic) bond motifs is 3. The summed E-state index contributed by atoms with van der Waals surface area (Å²) in [7, 11) is 0. The van der Waals surface area contributed by atoms with Gasteiger partial charge in [-0.3, -0.25) is 14.6 Å². The highest BCUT2D eigenvalue weighted by molar-refractivity contribution is 6.15. The van der Waals surface area contributed by atoms with Gasteiger partial charge in [-0.25, -0.2) is 0 Å². The van der Waals surface area contributed by atoms with Crippen molar-refractivity contribution >= 4 is 33.5 Å². The van der Waals surface area contributed by atoms with Crippen LogP contribution in [-0.4, -0.2) is 28.2 Å². The molecule has 5 rings (SSSR count). The Morgan fingerprint density at radius 2 is 1.81 bits per heavy atom. The Balaban J connectivity index is 1.37. The average Bonchev–Trinajstić information content (AvgIpc) is 3.21. The van der Waals surface area contributed by atoms with Crippen LogP contribution in [-0.2, 0) is 17.9 Å². The van der Waals surface area contributed by atoms with E-state index in [-0.39, 0.29) is 11.8 Å². The van der Waals surface area contributed by atoms with Gasteiger partial charge in [0.1, 0.15) is 0 Å². The first-order valence-corrected chi connectivity index (χ1v) is 10.6. The predicted octanol–water partition coefficient (Wildman–Crippen LogP) is 4.44. The van der Waals surface area contributed by atoms with Gasteiger partial charge in [0.25, 0.3) is 5.91 Å². The molecule has 1 fully saturated rings. The summed E-state index contributed by atoms with van der Waals surface area (Å²) in [5.41, 5.74) is 3.38. The molecule has 5 nitrogen and oxygen atoms in total. The molecule has 2 heterocycles. The second kappa shape index (κ2) is 8.19. The minimum atomic E-state index is -0.144. The van der Waals surface area contributed by atoms with Crippen molar-refractivity contribution in [2.45, 2.75) is 25.9 Å². The van der Waals surface area contributed by atoms with Crippen LogP contribution in [0.2, 0.25) is 0 Å². The molecule has 5 heteroatoms. The SMILES string of the molecule is O=C(NCc1cccc(CN2CCCC2=O)c1)c1cc2ccccc2c2cccnc12. The summed E-state index contributed by atoms with van der Waals surface area (Å²) in [4.78, 5) is 31.4. The third-order valence-electron chi connectivity index (χ3n) is 5.85. The van der Waals surface area contributed by atoms with Crippen LogP contribution in [0.25, 0.3) is 21.7 Å². The number of carbonyl (C=O) groups is 2. The first-order valence-electron chi connectivity index (χ1n) is 10.6. The number of hydrogen-bond donors (Lipinski definition) is 1. The maximum Gasteiger partial charge on any atom is 0.253 e. The monoisotopic (exact) mass is 409 g/mol. The molecule has 0 unspecified atom stereocenters. The molecule has 0 bridgehead atoms. The van der Waals surface area contributed by atoms with E-state index in [1.807, 2.05) is 59.5 Å². The van der Waals surface area contributed by atoms with Crippen LogP contribution in [0.3, 0.4) is 0 Å². The number of pyridine rings is 1. The quantitative estimate of drug-likeness (QED) is 0.496. The van der Waals surface area contributed by atoms with Crippen LogP contribution < -0.4 is 5.32 Å². The van der Waals surface area contributed by atoms with E-state index in [1.165, 1.54) is 0 Å². The van der Waals surface area contributed by atoms with E-state index in [0.717, 1.165) is 40.3 Å². The van der Waals surface area contributed by atoms with Crippen molar-refractivity contribution in [2.24, 2.45) is 0 Å². The van der Waals surface area contributed by atoms with Gasteiger partial charge in [0.2, 0.25) is 5.91 Å². The van der Waals surface area contributed by atoms with Crippen LogP contribution >= 0.6 is 0 Å². The normalized spacial score (nSPS) is 13.8. The van der Waals surface area contributed by atoms with Gasteiger partial charge in [-0.2, -0.15) is 0 Å². The molecule has 4 aromatic rings. The minimum Gasteiger partial charge on any atom is -0.348 e. The summed E-state index contributed by atoms with van der Waals surface area (Å²) in [6.45, 7) is 1.86. The third kappa shape index (κ3) is 3.87. The number of hydrogen-bond acceptors (Lipinski definition) is 3. The summed E-state index contributed by atoms with van der Waals surface area (Å²) in [5, 5.41) is 6.13. The van der Waals surface area contributed by atoms with Gasteiger partial charge in [0.05, 0.1) is 11.1 Å². The van der Waals surface area contributed by atoms with Gasteiger partial charge < -0.3 is 10.2 Å². The van der Waals surface area contributed by atoms with Crippen LogP contribution in [0.4, 0.5) is 0 Å². The van der Waals surface area contributed by atoms with Gasteiger partial charge in [-0.15, -0.1) is 0 Å². The lowest BCUT2D eigenvalue weighted by Gasteiger charge is -2.16. The summed E-state index contributed by atoms with van der Waals surface area (Å²) in [6.07, 6.45) is 3.29. The number of aromatic nitrogens is 1. The highest BCUT2D eigenvalue weighted by Crippen LogP contribution is 2.27. The van der Waals surface area contributed by atoms with Crippen LogP contribution in [0, 0.1) is 0 Å². The maximum absolute atomic E-state index is 13.1. The molecule has 0 spiro atoms. The van der Waals surface area contributed by atoms with Crippen molar-refractivity contribution in [1.82, 2.24) is 15.2 Å². The fourth-order valence-corrected chi connectivity index (χ4v) is 4.31. The molecule has 0 atom stereocenters. The molecule has 1 aromatic heterocycles. The first-order chi connectivity index (χ1) is 15.2. The number of benzene rings is 3. The highest BCUT2D eigenvalue weighted by Gasteiger charge is 2.20. The van der Waals surface area contributed by atoms with Crippen LogP contribution in [0.5, 0.6) is 0 Å². The lowest BCUT2D eigenvalue weighted by atomic mass is 10.0. The van der Waals surface area contributed by atoms with Crippen molar-refractivity contribution < 1.29 is 9.59 Å². The fraction of sp³-hybridized carbons (Fsp3) is 0.192. The van der Waals surface area contributed by atoms with Gasteiger partial charge >= 0.3 is 0 Å². The molecule has 1 aliphatic heterocycles. The molecule has 0 saturated carbocycles. The van der Waals surface area contributed by atoms with Crippen molar-refractivity contribution in [3.05, 3.63) is 89.6 Å². The number of nitrogens with one attached hydrogen (secondary N) is 1. The molecule has 3 aromatic carbocycles. The van der Waals surface area contributed by atoms with Crippen molar-refractivity contribution in [3.63, 3.8) is 0 Å². The van der Waals surface area contributed by atoms with Gasteiger partial charge in [-0.05, 0) is 40.5 Å². The van der Waals surface area contributed by atoms with E-state index >= 15 is 0 Å². The Labute approximate surface area is 180 Å². The van der Waals surface area contributed by atoms with E-state index in [9.17, 15) is 9.59 Å². The Hall–Kier alpha value is -3.73. The van der Waals surface area contributed by atoms with Gasteiger partial charge in [0, 0.05) is 37.6 Å². The summed E-state index contributed by atoms with van der Waals surface area (Å²) < 4.78 is 0. The van der Waals surface area contributed by atoms with E-state index < -0.39 is 0 Å². The fourth-order valence-electron chi connectivity index (χ4n) is 4.31. The molecule has 1 saturated heterocycles. The number of carbonyl (C=O) groups excluding carboxylic acids is 2. The molecular weight excluding hydrogens is 386 g/mol. The molecule has 0 radical (unpaired) electrons. The minimum absolute atomic E-state index is 0.144. The lowest BCUT2D eigenvalue weighted by molar-refractivity contribution is -0.128. The van der Waals surface area contributed by atoms with Crippen LogP contribution in [0.1, 0.15) is 34.3 Å². The van der Waals surface area contributed by atoms with Crippen molar-refractivity contribution in [3.8, 4) is 0 Å². The zero-order valence-electron chi connectivity index (χ0n) is 17.2. The summed E-state index contributed by atoms with van der Waals surface area (Å²) in [6, 6.07) is 21.9. The number of amides is 2. The standard InChI is InChI=1S/C26H23N3O2/c30-24-11-5-13-29(24)17-19-7-3-6-18(14-19)16-28-26(31)23-15-20-8-1-2-9-21(20)22-10-4-12-27-25(22)23/h1-4,6-10,12,14-15H,5,11,13,16-17H2,(H,28,31). The first kappa shape index (κ1) is 19.2. The number of rotatable bonds is 5. The van der Waals surface area contributed by atoms with E-state index in [2.05, 4.69) is 22.4 Å². The third-order valence-corrected chi connectivity index (χ3v) is 5.85. The molecule has 2 amide bonds. The topological polar surface area (TPSA) is 62.3 Å². The van der Waals surface area contributed by atoms with E-state index in [1.54, 1.807) is 6.20 Å². The summed E-state index contributed by atoms with van der Waals surface area (Å²) >= 11 is 0. The molecule has 1 aliphatic rings. The lowest BCUT2D eigenvalue weighted by Crippen LogP contribution is -2.25. The Bertz CT molecular complexity index is 1300. The maximum atomic E-state index is 13.1. The Morgan fingerprint density at radius 1 is 0.968 bits per heavy atom. The largest absolute Gasteiger partial charge is 0.348 e. The number of likely N-dealkylation sites (tertiary alicyclic amines) is 1. The van der Waals surface area contributed by atoms with Crippen molar-refractivity contribution in [2.75, 3.05) is 6.54 Å².